The second-order valence-corrected chi connectivity index (χ2v) is 3.58. The van der Waals surface area contributed by atoms with Crippen LogP contribution in [0.15, 0.2) is 12.1 Å². The molecule has 0 saturated carbocycles. The summed E-state index contributed by atoms with van der Waals surface area (Å²) in [6.07, 6.45) is -4.51. The SMILES string of the molecule is Cc1c(N)ccc([C@@H](N)C(F)(F)F)c1Cl. The van der Waals surface area contributed by atoms with Crippen LogP contribution >= 0.6 is 11.6 Å². The van der Waals surface area contributed by atoms with Crippen LogP contribution in [0.25, 0.3) is 0 Å². The lowest BCUT2D eigenvalue weighted by molar-refractivity contribution is -0.149. The van der Waals surface area contributed by atoms with Gasteiger partial charge in [-0.05, 0) is 24.1 Å². The average molecular weight is 239 g/mol. The van der Waals surface area contributed by atoms with Crippen molar-refractivity contribution in [1.82, 2.24) is 0 Å². The van der Waals surface area contributed by atoms with Crippen LogP contribution in [0.1, 0.15) is 17.2 Å². The molecule has 1 aromatic rings. The molecule has 84 valence electrons. The van der Waals surface area contributed by atoms with Crippen LogP contribution in [0.5, 0.6) is 0 Å². The molecule has 0 radical (unpaired) electrons. The first-order chi connectivity index (χ1) is 6.75. The number of rotatable bonds is 1. The molecule has 6 heteroatoms. The topological polar surface area (TPSA) is 52.0 Å². The molecule has 0 aromatic heterocycles. The van der Waals surface area contributed by atoms with Crippen molar-refractivity contribution in [2.75, 3.05) is 5.73 Å². The van der Waals surface area contributed by atoms with Gasteiger partial charge in [0.1, 0.15) is 6.04 Å². The molecule has 0 bridgehead atoms. The van der Waals surface area contributed by atoms with Crippen molar-refractivity contribution in [3.63, 3.8) is 0 Å². The molecule has 1 rings (SSSR count). The van der Waals surface area contributed by atoms with E-state index in [4.69, 9.17) is 23.1 Å². The van der Waals surface area contributed by atoms with Gasteiger partial charge in [0.25, 0.3) is 0 Å². The molecular weight excluding hydrogens is 229 g/mol. The summed E-state index contributed by atoms with van der Waals surface area (Å²) >= 11 is 5.74. The van der Waals surface area contributed by atoms with Crippen molar-refractivity contribution in [3.05, 3.63) is 28.3 Å². The molecule has 0 heterocycles. The summed E-state index contributed by atoms with van der Waals surface area (Å²) in [4.78, 5) is 0. The Morgan fingerprint density at radius 1 is 1.33 bits per heavy atom. The standard InChI is InChI=1S/C9H10ClF3N2/c1-4-6(14)3-2-5(7(4)10)8(15)9(11,12)13/h2-3,8H,14-15H2,1H3/t8-/m1/s1. The van der Waals surface area contributed by atoms with E-state index in [0.717, 1.165) is 0 Å². The fourth-order valence-electron chi connectivity index (χ4n) is 1.14. The Morgan fingerprint density at radius 2 is 1.87 bits per heavy atom. The maximum Gasteiger partial charge on any atom is 0.407 e. The summed E-state index contributed by atoms with van der Waals surface area (Å²) in [6, 6.07) is 0.481. The van der Waals surface area contributed by atoms with Crippen LogP contribution in [0.4, 0.5) is 18.9 Å². The number of anilines is 1. The van der Waals surface area contributed by atoms with Crippen molar-refractivity contribution >= 4 is 17.3 Å². The molecule has 0 unspecified atom stereocenters. The Labute approximate surface area is 90.0 Å². The van der Waals surface area contributed by atoms with Crippen LogP contribution in [-0.4, -0.2) is 6.18 Å². The second kappa shape index (κ2) is 3.90. The monoisotopic (exact) mass is 238 g/mol. The predicted octanol–water partition coefficient (Wildman–Crippen LogP) is 2.79. The Balaban J connectivity index is 3.23. The summed E-state index contributed by atoms with van der Waals surface area (Å²) < 4.78 is 37.0. The first kappa shape index (κ1) is 12.1. The zero-order valence-electron chi connectivity index (χ0n) is 7.90. The van der Waals surface area contributed by atoms with E-state index in [1.54, 1.807) is 6.92 Å². The number of benzene rings is 1. The van der Waals surface area contributed by atoms with Gasteiger partial charge in [-0.25, -0.2) is 0 Å². The van der Waals surface area contributed by atoms with E-state index in [1.165, 1.54) is 12.1 Å². The van der Waals surface area contributed by atoms with Gasteiger partial charge in [-0.3, -0.25) is 0 Å². The number of hydrogen-bond donors (Lipinski definition) is 2. The van der Waals surface area contributed by atoms with Gasteiger partial charge >= 0.3 is 6.18 Å². The summed E-state index contributed by atoms with van der Waals surface area (Å²) in [7, 11) is 0. The third-order valence-electron chi connectivity index (χ3n) is 2.15. The number of nitrogens with two attached hydrogens (primary N) is 2. The van der Waals surface area contributed by atoms with Gasteiger partial charge in [0.15, 0.2) is 0 Å². The van der Waals surface area contributed by atoms with Gasteiger partial charge < -0.3 is 11.5 Å². The fourth-order valence-corrected chi connectivity index (χ4v) is 1.43. The molecule has 1 aromatic carbocycles. The summed E-state index contributed by atoms with van der Waals surface area (Å²) in [5.74, 6) is 0. The second-order valence-electron chi connectivity index (χ2n) is 3.20. The van der Waals surface area contributed by atoms with Crippen molar-refractivity contribution < 1.29 is 13.2 Å². The quantitative estimate of drug-likeness (QED) is 0.739. The van der Waals surface area contributed by atoms with Crippen LogP contribution in [0, 0.1) is 6.92 Å². The molecule has 0 amide bonds. The maximum absolute atomic E-state index is 12.3. The normalized spacial score (nSPS) is 14.0. The first-order valence-electron chi connectivity index (χ1n) is 4.12. The van der Waals surface area contributed by atoms with Gasteiger partial charge in [0.05, 0.1) is 5.02 Å². The minimum absolute atomic E-state index is 0.0279. The zero-order valence-corrected chi connectivity index (χ0v) is 8.65. The van der Waals surface area contributed by atoms with Crippen molar-refractivity contribution in [2.24, 2.45) is 5.73 Å². The lowest BCUT2D eigenvalue weighted by Gasteiger charge is -2.18. The Hall–Kier alpha value is -0.940. The lowest BCUT2D eigenvalue weighted by atomic mass is 10.0. The number of nitrogen functional groups attached to an aromatic ring is 1. The highest BCUT2D eigenvalue weighted by Gasteiger charge is 2.39. The minimum atomic E-state index is -4.51. The maximum atomic E-state index is 12.3. The largest absolute Gasteiger partial charge is 0.407 e. The van der Waals surface area contributed by atoms with E-state index < -0.39 is 12.2 Å². The van der Waals surface area contributed by atoms with Crippen LogP contribution in [0.3, 0.4) is 0 Å². The van der Waals surface area contributed by atoms with E-state index in [9.17, 15) is 13.2 Å². The molecule has 0 aliphatic carbocycles. The van der Waals surface area contributed by atoms with Gasteiger partial charge in [0.2, 0.25) is 0 Å². The fraction of sp³-hybridized carbons (Fsp3) is 0.333. The van der Waals surface area contributed by atoms with E-state index in [1.807, 2.05) is 0 Å². The van der Waals surface area contributed by atoms with Crippen molar-refractivity contribution in [2.45, 2.75) is 19.1 Å². The highest BCUT2D eigenvalue weighted by atomic mass is 35.5. The molecule has 0 spiro atoms. The summed E-state index contributed by atoms with van der Waals surface area (Å²) in [5.41, 5.74) is 11.1. The van der Waals surface area contributed by atoms with Gasteiger partial charge in [-0.2, -0.15) is 13.2 Å². The van der Waals surface area contributed by atoms with Crippen LogP contribution < -0.4 is 11.5 Å². The summed E-state index contributed by atoms with van der Waals surface area (Å²) in [6.45, 7) is 1.55. The van der Waals surface area contributed by atoms with Crippen LogP contribution in [-0.2, 0) is 0 Å². The lowest BCUT2D eigenvalue weighted by Crippen LogP contribution is -2.28. The van der Waals surface area contributed by atoms with E-state index in [-0.39, 0.29) is 10.6 Å². The first-order valence-corrected chi connectivity index (χ1v) is 4.49. The molecule has 0 fully saturated rings. The third kappa shape index (κ3) is 2.35. The van der Waals surface area contributed by atoms with Crippen LogP contribution in [0.2, 0.25) is 5.02 Å². The Kier molecular flexibility index (Phi) is 3.16. The number of alkyl halides is 3. The molecular formula is C9H10ClF3N2. The predicted molar refractivity (Wildman–Crippen MR) is 53.6 cm³/mol. The van der Waals surface area contributed by atoms with E-state index >= 15 is 0 Å². The minimum Gasteiger partial charge on any atom is -0.398 e. The molecule has 1 atom stereocenters. The van der Waals surface area contributed by atoms with Crippen molar-refractivity contribution in [3.8, 4) is 0 Å². The molecule has 2 nitrogen and oxygen atoms in total. The molecule has 0 saturated heterocycles. The average Bonchev–Trinajstić information content (AvgIpc) is 2.12. The third-order valence-corrected chi connectivity index (χ3v) is 2.65. The number of halogens is 4. The molecule has 0 aliphatic rings. The Morgan fingerprint density at radius 3 is 2.33 bits per heavy atom. The van der Waals surface area contributed by atoms with Gasteiger partial charge in [-0.15, -0.1) is 0 Å². The Bertz CT molecular complexity index is 376. The zero-order chi connectivity index (χ0) is 11.8. The number of hydrogen-bond acceptors (Lipinski definition) is 2. The highest BCUT2D eigenvalue weighted by molar-refractivity contribution is 6.32. The van der Waals surface area contributed by atoms with Gasteiger partial charge in [-0.1, -0.05) is 17.7 Å². The smallest absolute Gasteiger partial charge is 0.398 e. The summed E-state index contributed by atoms with van der Waals surface area (Å²) in [5, 5.41) is -0.0279. The highest BCUT2D eigenvalue weighted by Crippen LogP contribution is 2.36. The van der Waals surface area contributed by atoms with Gasteiger partial charge in [0, 0.05) is 5.69 Å². The van der Waals surface area contributed by atoms with Crippen molar-refractivity contribution in [1.29, 1.82) is 0 Å². The molecule has 4 N–H and O–H groups in total. The van der Waals surface area contributed by atoms with E-state index in [0.29, 0.717) is 11.3 Å². The molecule has 0 aliphatic heterocycles. The van der Waals surface area contributed by atoms with E-state index in [2.05, 4.69) is 0 Å². The molecule has 15 heavy (non-hydrogen) atoms.